The molecule has 4 nitrogen and oxygen atoms in total. The van der Waals surface area contributed by atoms with Gasteiger partial charge in [-0.05, 0) is 12.5 Å². The van der Waals surface area contributed by atoms with Gasteiger partial charge >= 0.3 is 0 Å². The van der Waals surface area contributed by atoms with E-state index in [0.717, 1.165) is 6.54 Å². The molecule has 1 rings (SSSR count). The molecule has 0 aliphatic carbocycles. The molecule has 0 saturated carbocycles. The first-order chi connectivity index (χ1) is 5.11. The van der Waals surface area contributed by atoms with E-state index in [1.54, 1.807) is 4.90 Å². The molecule has 1 atom stereocenters. The van der Waals surface area contributed by atoms with Crippen molar-refractivity contribution in [1.82, 2.24) is 4.90 Å². The fraction of sp³-hybridized carbons (Fsp3) is 0.571. The summed E-state index contributed by atoms with van der Waals surface area (Å²) in [4.78, 5) is 1.78. The lowest BCUT2D eigenvalue weighted by atomic mass is 10.1. The van der Waals surface area contributed by atoms with E-state index >= 15 is 0 Å². The van der Waals surface area contributed by atoms with Crippen LogP contribution in [0, 0.1) is 5.41 Å². The zero-order valence-electron chi connectivity index (χ0n) is 6.67. The van der Waals surface area contributed by atoms with Crippen LogP contribution in [0.4, 0.5) is 0 Å². The summed E-state index contributed by atoms with van der Waals surface area (Å²) in [7, 11) is 0. The minimum atomic E-state index is 0.0827. The van der Waals surface area contributed by atoms with Gasteiger partial charge in [0, 0.05) is 19.1 Å². The van der Waals surface area contributed by atoms with Crippen molar-refractivity contribution in [3.8, 4) is 0 Å². The van der Waals surface area contributed by atoms with Crippen molar-refractivity contribution >= 4 is 5.96 Å². The quantitative estimate of drug-likeness (QED) is 0.270. The van der Waals surface area contributed by atoms with Crippen LogP contribution >= 0.6 is 0 Å². The first-order valence-electron chi connectivity index (χ1n) is 3.64. The molecule has 4 heteroatoms. The molecule has 1 heterocycles. The molecular weight excluding hydrogens is 140 g/mol. The Kier molecular flexibility index (Phi) is 2.14. The normalized spacial score (nSPS) is 19.8. The van der Waals surface area contributed by atoms with E-state index in [1.807, 2.05) is 13.0 Å². The van der Waals surface area contributed by atoms with E-state index in [4.69, 9.17) is 16.9 Å². The predicted molar refractivity (Wildman–Crippen MR) is 45.2 cm³/mol. The van der Waals surface area contributed by atoms with Gasteiger partial charge in [0.1, 0.15) is 0 Å². The van der Waals surface area contributed by atoms with Crippen LogP contribution in [0.3, 0.4) is 0 Å². The minimum Gasteiger partial charge on any atom is -0.370 e. The zero-order valence-corrected chi connectivity index (χ0v) is 6.67. The van der Waals surface area contributed by atoms with Crippen molar-refractivity contribution < 1.29 is 0 Å². The van der Waals surface area contributed by atoms with E-state index < -0.39 is 0 Å². The molecule has 62 valence electrons. The monoisotopic (exact) mass is 154 g/mol. The van der Waals surface area contributed by atoms with Crippen LogP contribution in [0.25, 0.3) is 0 Å². The second-order valence-corrected chi connectivity index (χ2v) is 2.83. The molecule has 0 aromatic heterocycles. The molecule has 0 amide bonds. The maximum atomic E-state index is 7.15. The maximum absolute atomic E-state index is 7.15. The van der Waals surface area contributed by atoms with Gasteiger partial charge in [0.2, 0.25) is 0 Å². The smallest absolute Gasteiger partial charge is 0.188 e. The summed E-state index contributed by atoms with van der Waals surface area (Å²) >= 11 is 0. The second-order valence-electron chi connectivity index (χ2n) is 2.83. The minimum absolute atomic E-state index is 0.0827. The molecule has 11 heavy (non-hydrogen) atoms. The molecule has 0 aromatic carbocycles. The third-order valence-corrected chi connectivity index (χ3v) is 1.87. The van der Waals surface area contributed by atoms with Gasteiger partial charge in [0.25, 0.3) is 0 Å². The van der Waals surface area contributed by atoms with Gasteiger partial charge in [-0.2, -0.15) is 0 Å². The van der Waals surface area contributed by atoms with E-state index in [0.29, 0.717) is 6.54 Å². The molecule has 0 aromatic rings. The van der Waals surface area contributed by atoms with Crippen LogP contribution < -0.4 is 11.5 Å². The Morgan fingerprint density at radius 3 is 2.73 bits per heavy atom. The summed E-state index contributed by atoms with van der Waals surface area (Å²) < 4.78 is 0. The Hall–Kier alpha value is -1.03. The summed E-state index contributed by atoms with van der Waals surface area (Å²) in [6, 6.07) is 0.0827. The second kappa shape index (κ2) is 2.92. The zero-order chi connectivity index (χ0) is 8.43. The van der Waals surface area contributed by atoms with Crippen LogP contribution in [-0.2, 0) is 0 Å². The third kappa shape index (κ3) is 1.71. The van der Waals surface area contributed by atoms with Crippen LogP contribution in [0.15, 0.2) is 11.6 Å². The van der Waals surface area contributed by atoms with E-state index in [2.05, 4.69) is 0 Å². The predicted octanol–water partition coefficient (Wildman–Crippen LogP) is -0.531. The molecule has 0 fully saturated rings. The molecule has 1 unspecified atom stereocenters. The molecule has 5 N–H and O–H groups in total. The summed E-state index contributed by atoms with van der Waals surface area (Å²) in [6.07, 6.45) is 2.03. The average Bonchev–Trinajstić information content (AvgIpc) is 2.33. The van der Waals surface area contributed by atoms with Crippen molar-refractivity contribution in [3.05, 3.63) is 11.6 Å². The number of hydrogen-bond acceptors (Lipinski definition) is 2. The lowest BCUT2D eigenvalue weighted by Gasteiger charge is -2.16. The fourth-order valence-corrected chi connectivity index (χ4v) is 1.09. The number of nitrogens with one attached hydrogen (secondary N) is 1. The van der Waals surface area contributed by atoms with Gasteiger partial charge in [-0.1, -0.05) is 6.08 Å². The highest BCUT2D eigenvalue weighted by molar-refractivity contribution is 5.75. The first-order valence-corrected chi connectivity index (χ1v) is 3.64. The lowest BCUT2D eigenvalue weighted by Crippen LogP contribution is -2.36. The Bertz CT molecular complexity index is 195. The van der Waals surface area contributed by atoms with Gasteiger partial charge in [0.05, 0.1) is 0 Å². The lowest BCUT2D eigenvalue weighted by molar-refractivity contribution is 0.514. The van der Waals surface area contributed by atoms with Gasteiger partial charge < -0.3 is 16.4 Å². The molecular formula is C7H14N4. The largest absolute Gasteiger partial charge is 0.370 e. The van der Waals surface area contributed by atoms with Crippen LogP contribution in [0.1, 0.15) is 6.92 Å². The highest BCUT2D eigenvalue weighted by Gasteiger charge is 2.16. The van der Waals surface area contributed by atoms with Gasteiger partial charge in [-0.3, -0.25) is 5.41 Å². The number of nitrogens with two attached hydrogens (primary N) is 2. The number of guanidine groups is 1. The van der Waals surface area contributed by atoms with Crippen molar-refractivity contribution in [1.29, 1.82) is 5.41 Å². The summed E-state index contributed by atoms with van der Waals surface area (Å²) in [5, 5.41) is 7.15. The Labute approximate surface area is 66.4 Å². The highest BCUT2D eigenvalue weighted by Crippen LogP contribution is 2.10. The van der Waals surface area contributed by atoms with Crippen molar-refractivity contribution in [2.24, 2.45) is 11.5 Å². The van der Waals surface area contributed by atoms with Crippen molar-refractivity contribution in [2.75, 3.05) is 13.1 Å². The van der Waals surface area contributed by atoms with E-state index in [-0.39, 0.29) is 12.0 Å². The van der Waals surface area contributed by atoms with Crippen LogP contribution in [0.5, 0.6) is 0 Å². The van der Waals surface area contributed by atoms with Crippen molar-refractivity contribution in [3.63, 3.8) is 0 Å². The van der Waals surface area contributed by atoms with Crippen LogP contribution in [-0.4, -0.2) is 30.0 Å². The van der Waals surface area contributed by atoms with Crippen LogP contribution in [0.2, 0.25) is 0 Å². The Morgan fingerprint density at radius 2 is 2.45 bits per heavy atom. The van der Waals surface area contributed by atoms with E-state index in [1.165, 1.54) is 5.57 Å². The molecule has 1 aliphatic heterocycles. The molecule has 0 saturated heterocycles. The molecule has 0 radical (unpaired) electrons. The number of hydrogen-bond donors (Lipinski definition) is 3. The summed E-state index contributed by atoms with van der Waals surface area (Å²) in [5.41, 5.74) is 12.1. The Balaban J connectivity index is 2.49. The molecule has 0 spiro atoms. The number of rotatable bonds is 1. The summed E-state index contributed by atoms with van der Waals surface area (Å²) in [5.74, 6) is 0.122. The highest BCUT2D eigenvalue weighted by atomic mass is 15.2. The Morgan fingerprint density at radius 1 is 1.82 bits per heavy atom. The standard InChI is InChI=1S/C7H14N4/c1-5(8)6-2-3-11(4-6)7(9)10/h2,5H,3-4,8H2,1H3,(H3,9,10). The number of nitrogens with zero attached hydrogens (tertiary/aromatic N) is 1. The topological polar surface area (TPSA) is 79.1 Å². The average molecular weight is 154 g/mol. The van der Waals surface area contributed by atoms with E-state index in [9.17, 15) is 0 Å². The van der Waals surface area contributed by atoms with Gasteiger partial charge in [-0.15, -0.1) is 0 Å². The molecule has 1 aliphatic rings. The van der Waals surface area contributed by atoms with Gasteiger partial charge in [-0.25, -0.2) is 0 Å². The fourth-order valence-electron chi connectivity index (χ4n) is 1.09. The molecule has 0 bridgehead atoms. The third-order valence-electron chi connectivity index (χ3n) is 1.87. The SMILES string of the molecule is CC(N)C1=CCN(C(=N)N)C1. The van der Waals surface area contributed by atoms with Crippen molar-refractivity contribution in [2.45, 2.75) is 13.0 Å². The summed E-state index contributed by atoms with van der Waals surface area (Å²) in [6.45, 7) is 3.38. The maximum Gasteiger partial charge on any atom is 0.188 e. The van der Waals surface area contributed by atoms with Gasteiger partial charge in [0.15, 0.2) is 5.96 Å². The first kappa shape index (κ1) is 8.07.